The molecule has 0 radical (unpaired) electrons. The van der Waals surface area contributed by atoms with Gasteiger partial charge in [-0.2, -0.15) is 0 Å². The van der Waals surface area contributed by atoms with Crippen LogP contribution in [-0.2, 0) is 6.54 Å². The van der Waals surface area contributed by atoms with Crippen LogP contribution in [0.15, 0.2) is 0 Å². The predicted octanol–water partition coefficient (Wildman–Crippen LogP) is 2.73. The maximum absolute atomic E-state index is 4.78. The summed E-state index contributed by atoms with van der Waals surface area (Å²) in [6.07, 6.45) is 1.18. The van der Waals surface area contributed by atoms with E-state index >= 15 is 0 Å². The minimum Gasteiger partial charge on any atom is -0.346 e. The average Bonchev–Trinajstić information content (AvgIpc) is 2.81. The summed E-state index contributed by atoms with van der Waals surface area (Å²) in [6.45, 7) is 16.8. The Kier molecular flexibility index (Phi) is 6.45. The van der Waals surface area contributed by atoms with Crippen LogP contribution in [0.4, 0.5) is 5.13 Å². The number of anilines is 1. The minimum atomic E-state index is 0.759. The van der Waals surface area contributed by atoms with E-state index in [0.717, 1.165) is 32.1 Å². The van der Waals surface area contributed by atoms with Crippen LogP contribution in [0.3, 0.4) is 0 Å². The summed E-state index contributed by atoms with van der Waals surface area (Å²) in [4.78, 5) is 11.2. The number of nitrogens with one attached hydrogen (secondary N) is 1. The molecule has 0 bridgehead atoms. The molecule has 0 unspecified atom stereocenters. The first-order valence-electron chi connectivity index (χ1n) is 8.24. The third-order valence-corrected chi connectivity index (χ3v) is 5.08. The van der Waals surface area contributed by atoms with Crippen molar-refractivity contribution in [1.29, 1.82) is 0 Å². The Morgan fingerprint density at radius 3 is 2.57 bits per heavy atom. The molecular formula is C16H30N4S. The van der Waals surface area contributed by atoms with Crippen LogP contribution in [0, 0.1) is 12.8 Å². The lowest BCUT2D eigenvalue weighted by Gasteiger charge is -2.35. The highest BCUT2D eigenvalue weighted by Crippen LogP contribution is 2.27. The number of aryl methyl sites for hydroxylation is 1. The molecule has 0 amide bonds. The summed E-state index contributed by atoms with van der Waals surface area (Å²) in [5.74, 6) is 0.759. The highest BCUT2D eigenvalue weighted by atomic mass is 32.1. The molecule has 1 saturated heterocycles. The molecule has 1 aliphatic rings. The first-order chi connectivity index (χ1) is 10.1. The lowest BCUT2D eigenvalue weighted by Crippen LogP contribution is -2.47. The largest absolute Gasteiger partial charge is 0.346 e. The lowest BCUT2D eigenvalue weighted by atomic mass is 10.2. The summed E-state index contributed by atoms with van der Waals surface area (Å²) in [7, 11) is 0. The van der Waals surface area contributed by atoms with E-state index in [4.69, 9.17) is 4.98 Å². The zero-order valence-corrected chi connectivity index (χ0v) is 14.8. The van der Waals surface area contributed by atoms with E-state index in [-0.39, 0.29) is 0 Å². The maximum atomic E-state index is 4.78. The molecule has 0 spiro atoms. The van der Waals surface area contributed by atoms with Crippen LogP contribution in [0.25, 0.3) is 0 Å². The number of rotatable bonds is 7. The molecule has 1 aromatic rings. The Morgan fingerprint density at radius 2 is 1.95 bits per heavy atom. The van der Waals surface area contributed by atoms with Gasteiger partial charge in [-0.25, -0.2) is 4.98 Å². The normalized spacial score (nSPS) is 16.9. The fraction of sp³-hybridized carbons (Fsp3) is 0.812. The molecule has 21 heavy (non-hydrogen) atoms. The van der Waals surface area contributed by atoms with Crippen LogP contribution in [0.1, 0.15) is 37.8 Å². The van der Waals surface area contributed by atoms with E-state index in [1.165, 1.54) is 41.8 Å². The van der Waals surface area contributed by atoms with Crippen LogP contribution >= 0.6 is 11.3 Å². The van der Waals surface area contributed by atoms with Crippen LogP contribution in [0.5, 0.6) is 0 Å². The number of thiazole rings is 1. The van der Waals surface area contributed by atoms with Gasteiger partial charge in [0.05, 0.1) is 5.69 Å². The molecule has 0 atom stereocenters. The number of aromatic nitrogens is 1. The summed E-state index contributed by atoms with van der Waals surface area (Å²) in [5, 5.41) is 4.69. The second kappa shape index (κ2) is 8.11. The minimum absolute atomic E-state index is 0.759. The van der Waals surface area contributed by atoms with E-state index in [2.05, 4.69) is 42.8 Å². The number of piperazine rings is 1. The van der Waals surface area contributed by atoms with Crippen molar-refractivity contribution in [2.45, 2.75) is 40.7 Å². The SMILES string of the molecule is CCCNCc1sc(N2CCN(CC(C)C)CC2)nc1C. The number of nitrogens with zero attached hydrogens (tertiary/aromatic N) is 3. The third-order valence-electron chi connectivity index (χ3n) is 3.86. The van der Waals surface area contributed by atoms with Crippen molar-refractivity contribution in [2.24, 2.45) is 5.92 Å². The summed E-state index contributed by atoms with van der Waals surface area (Å²) in [6, 6.07) is 0. The van der Waals surface area contributed by atoms with Gasteiger partial charge in [0.2, 0.25) is 0 Å². The van der Waals surface area contributed by atoms with Crippen molar-refractivity contribution in [3.05, 3.63) is 10.6 Å². The quantitative estimate of drug-likeness (QED) is 0.785. The Balaban J connectivity index is 1.87. The van der Waals surface area contributed by atoms with Crippen LogP contribution in [0.2, 0.25) is 0 Å². The zero-order chi connectivity index (χ0) is 15.2. The van der Waals surface area contributed by atoms with Crippen molar-refractivity contribution in [3.8, 4) is 0 Å². The molecule has 0 aliphatic carbocycles. The van der Waals surface area contributed by atoms with E-state index in [9.17, 15) is 0 Å². The molecule has 5 heteroatoms. The standard InChI is InChI=1S/C16H30N4S/c1-5-6-17-11-15-14(4)18-16(21-15)20-9-7-19(8-10-20)12-13(2)3/h13,17H,5-12H2,1-4H3. The Bertz CT molecular complexity index is 422. The molecule has 1 aliphatic heterocycles. The zero-order valence-electron chi connectivity index (χ0n) is 14.0. The van der Waals surface area contributed by atoms with Gasteiger partial charge >= 0.3 is 0 Å². The molecule has 1 aromatic heterocycles. The van der Waals surface area contributed by atoms with Crippen LogP contribution in [-0.4, -0.2) is 49.2 Å². The molecule has 1 N–H and O–H groups in total. The van der Waals surface area contributed by atoms with Crippen molar-refractivity contribution < 1.29 is 0 Å². The van der Waals surface area contributed by atoms with Crippen molar-refractivity contribution in [1.82, 2.24) is 15.2 Å². The molecule has 2 rings (SSSR count). The molecular weight excluding hydrogens is 280 g/mol. The van der Waals surface area contributed by atoms with Gasteiger partial charge in [0, 0.05) is 44.1 Å². The average molecular weight is 311 g/mol. The monoisotopic (exact) mass is 310 g/mol. The number of hydrogen-bond acceptors (Lipinski definition) is 5. The molecule has 1 fully saturated rings. The Hall–Kier alpha value is -0.650. The second-order valence-electron chi connectivity index (χ2n) is 6.36. The Labute approximate surface area is 133 Å². The number of hydrogen-bond donors (Lipinski definition) is 1. The molecule has 120 valence electrons. The Morgan fingerprint density at radius 1 is 1.24 bits per heavy atom. The predicted molar refractivity (Wildman–Crippen MR) is 92.3 cm³/mol. The van der Waals surface area contributed by atoms with Crippen LogP contribution < -0.4 is 10.2 Å². The van der Waals surface area contributed by atoms with E-state index in [1.807, 2.05) is 11.3 Å². The van der Waals surface area contributed by atoms with Gasteiger partial charge in [-0.3, -0.25) is 4.90 Å². The summed E-state index contributed by atoms with van der Waals surface area (Å²) < 4.78 is 0. The highest BCUT2D eigenvalue weighted by Gasteiger charge is 2.20. The lowest BCUT2D eigenvalue weighted by molar-refractivity contribution is 0.231. The smallest absolute Gasteiger partial charge is 0.185 e. The first kappa shape index (κ1) is 16.7. The van der Waals surface area contributed by atoms with Gasteiger partial charge in [-0.15, -0.1) is 11.3 Å². The fourth-order valence-corrected chi connectivity index (χ4v) is 3.81. The fourth-order valence-electron chi connectivity index (χ4n) is 2.73. The van der Waals surface area contributed by atoms with Crippen molar-refractivity contribution >= 4 is 16.5 Å². The maximum Gasteiger partial charge on any atom is 0.185 e. The van der Waals surface area contributed by atoms with Gasteiger partial charge in [0.25, 0.3) is 0 Å². The first-order valence-corrected chi connectivity index (χ1v) is 9.06. The molecule has 2 heterocycles. The van der Waals surface area contributed by atoms with E-state index in [0.29, 0.717) is 0 Å². The van der Waals surface area contributed by atoms with E-state index < -0.39 is 0 Å². The summed E-state index contributed by atoms with van der Waals surface area (Å²) >= 11 is 1.87. The van der Waals surface area contributed by atoms with Gasteiger partial charge in [0.15, 0.2) is 5.13 Å². The topological polar surface area (TPSA) is 31.4 Å². The molecule has 0 aromatic carbocycles. The van der Waals surface area contributed by atoms with Gasteiger partial charge < -0.3 is 10.2 Å². The van der Waals surface area contributed by atoms with Gasteiger partial charge in [-0.05, 0) is 25.8 Å². The van der Waals surface area contributed by atoms with Gasteiger partial charge in [0.1, 0.15) is 0 Å². The van der Waals surface area contributed by atoms with Crippen molar-refractivity contribution in [3.63, 3.8) is 0 Å². The second-order valence-corrected chi connectivity index (χ2v) is 7.43. The third kappa shape index (κ3) is 4.94. The summed E-state index contributed by atoms with van der Waals surface area (Å²) in [5.41, 5.74) is 1.20. The van der Waals surface area contributed by atoms with Crippen molar-refractivity contribution in [2.75, 3.05) is 44.2 Å². The molecule has 0 saturated carbocycles. The highest BCUT2D eigenvalue weighted by molar-refractivity contribution is 7.15. The van der Waals surface area contributed by atoms with E-state index in [1.54, 1.807) is 0 Å². The van der Waals surface area contributed by atoms with Gasteiger partial charge in [-0.1, -0.05) is 20.8 Å². The molecule has 4 nitrogen and oxygen atoms in total.